The molecule has 1 amide bonds. The maximum absolute atomic E-state index is 13.5. The average Bonchev–Trinajstić information content (AvgIpc) is 3.46. The molecule has 1 aliphatic rings. The van der Waals surface area contributed by atoms with Crippen molar-refractivity contribution in [3.8, 4) is 5.75 Å². The molecular weight excluding hydrogens is 613 g/mol. The van der Waals surface area contributed by atoms with E-state index in [1.54, 1.807) is 11.8 Å². The molecule has 1 aliphatic carbocycles. The zero-order chi connectivity index (χ0) is 31.6. The minimum atomic E-state index is -0.374. The normalized spacial score (nSPS) is 12.9. The van der Waals surface area contributed by atoms with Gasteiger partial charge in [-0.25, -0.2) is 0 Å². The fourth-order valence-electron chi connectivity index (χ4n) is 5.39. The third-order valence-electron chi connectivity index (χ3n) is 7.87. The van der Waals surface area contributed by atoms with Gasteiger partial charge in [-0.2, -0.15) is 0 Å². The van der Waals surface area contributed by atoms with Gasteiger partial charge in [0.1, 0.15) is 5.75 Å². The average molecular weight is 665 g/mol. The van der Waals surface area contributed by atoms with E-state index in [0.29, 0.717) is 47.2 Å². The molecule has 0 aliphatic heterocycles. The van der Waals surface area contributed by atoms with Crippen LogP contribution >= 0.6 is 34.9 Å². The maximum Gasteiger partial charge on any atom is 0.256 e. The molecule has 0 saturated carbocycles. The summed E-state index contributed by atoms with van der Waals surface area (Å²) in [7, 11) is 4.06. The highest BCUT2D eigenvalue weighted by Crippen LogP contribution is 2.44. The molecule has 246 valence electrons. The third-order valence-corrected chi connectivity index (χ3v) is 11.1. The van der Waals surface area contributed by atoms with E-state index >= 15 is 0 Å². The molecule has 1 aromatic carbocycles. The van der Waals surface area contributed by atoms with Crippen molar-refractivity contribution in [1.29, 1.82) is 0 Å². The van der Waals surface area contributed by atoms with Crippen LogP contribution in [-0.4, -0.2) is 78.5 Å². The molecule has 1 heterocycles. The van der Waals surface area contributed by atoms with Gasteiger partial charge in [-0.3, -0.25) is 9.59 Å². The molecule has 11 heteroatoms. The Morgan fingerprint density at radius 3 is 2.27 bits per heavy atom. The van der Waals surface area contributed by atoms with E-state index in [9.17, 15) is 14.7 Å². The predicted molar refractivity (Wildman–Crippen MR) is 183 cm³/mol. The number of aldehydes is 1. The summed E-state index contributed by atoms with van der Waals surface area (Å²) in [5.41, 5.74) is 2.24. The quantitative estimate of drug-likeness (QED) is 0.0700. The van der Waals surface area contributed by atoms with E-state index in [1.807, 2.05) is 14.1 Å². The molecular formula is C33H52N4O4S3. The standard InChI is InChI=1S/C33H52N4O4S3/c1-4-5-6-7-8-9-10-11-12-15-21-41-22-16-19-34-31(40)28-29(39)26-18-14-13-17-25(26)27(24-38)30(28)43-33-36-35-32(44-33)42-23-20-37(2)3/h24,39H,4-23H2,1-3H3,(H,34,40). The van der Waals surface area contributed by atoms with Gasteiger partial charge in [-0.15, -0.1) is 10.2 Å². The number of nitrogens with zero attached hydrogens (tertiary/aromatic N) is 3. The number of benzene rings is 1. The molecule has 0 atom stereocenters. The molecule has 3 rings (SSSR count). The molecule has 0 unspecified atom stereocenters. The number of hydrogen-bond acceptors (Lipinski definition) is 10. The molecule has 0 bridgehead atoms. The van der Waals surface area contributed by atoms with Gasteiger partial charge in [-0.1, -0.05) is 99.6 Å². The van der Waals surface area contributed by atoms with Crippen molar-refractivity contribution < 1.29 is 19.4 Å². The summed E-state index contributed by atoms with van der Waals surface area (Å²) in [6.45, 7) is 4.94. The van der Waals surface area contributed by atoms with Crippen LogP contribution in [0.1, 0.15) is 122 Å². The van der Waals surface area contributed by atoms with Gasteiger partial charge in [-0.05, 0) is 63.7 Å². The number of aromatic nitrogens is 2. The molecule has 0 saturated heterocycles. The second-order valence-corrected chi connectivity index (χ2v) is 15.3. The zero-order valence-corrected chi connectivity index (χ0v) is 29.4. The maximum atomic E-state index is 13.5. The predicted octanol–water partition coefficient (Wildman–Crippen LogP) is 7.80. The topological polar surface area (TPSA) is 105 Å². The number of fused-ring (bicyclic) bond motifs is 1. The summed E-state index contributed by atoms with van der Waals surface area (Å²) in [6.07, 6.45) is 17.7. The van der Waals surface area contributed by atoms with Gasteiger partial charge in [0.05, 0.1) is 5.56 Å². The van der Waals surface area contributed by atoms with Gasteiger partial charge in [0.15, 0.2) is 15.0 Å². The number of carbonyl (C=O) groups is 2. The number of hydrogen-bond donors (Lipinski definition) is 2. The van der Waals surface area contributed by atoms with Crippen molar-refractivity contribution in [2.45, 2.75) is 117 Å². The summed E-state index contributed by atoms with van der Waals surface area (Å²) >= 11 is 4.32. The van der Waals surface area contributed by atoms with Crippen LogP contribution in [-0.2, 0) is 17.6 Å². The molecule has 1 aromatic heterocycles. The number of phenols is 1. The smallest absolute Gasteiger partial charge is 0.256 e. The van der Waals surface area contributed by atoms with E-state index < -0.39 is 0 Å². The first-order chi connectivity index (χ1) is 21.5. The molecule has 2 N–H and O–H groups in total. The Morgan fingerprint density at radius 2 is 1.59 bits per heavy atom. The van der Waals surface area contributed by atoms with Crippen LogP contribution < -0.4 is 5.32 Å². The number of carbonyl (C=O) groups excluding carboxylic acids is 2. The Morgan fingerprint density at radius 1 is 0.955 bits per heavy atom. The van der Waals surface area contributed by atoms with Crippen molar-refractivity contribution in [3.05, 3.63) is 22.3 Å². The number of aromatic hydroxyl groups is 1. The van der Waals surface area contributed by atoms with Crippen molar-refractivity contribution in [3.63, 3.8) is 0 Å². The number of phenolic OH excluding ortho intramolecular Hbond substituents is 1. The van der Waals surface area contributed by atoms with E-state index in [4.69, 9.17) is 4.74 Å². The van der Waals surface area contributed by atoms with Crippen LogP contribution in [0, 0.1) is 0 Å². The van der Waals surface area contributed by atoms with Crippen LogP contribution in [0.3, 0.4) is 0 Å². The highest BCUT2D eigenvalue weighted by molar-refractivity contribution is 8.03. The molecule has 0 radical (unpaired) electrons. The lowest BCUT2D eigenvalue weighted by Crippen LogP contribution is -2.27. The number of amides is 1. The second-order valence-electron chi connectivity index (χ2n) is 11.7. The van der Waals surface area contributed by atoms with Crippen LogP contribution in [0.2, 0.25) is 0 Å². The first kappa shape index (κ1) is 36.8. The number of ether oxygens (including phenoxy) is 1. The SMILES string of the molecule is CCCCCCCCCCCCOCCCNC(=O)c1c(O)c2c(c(C=O)c1Sc1nnc(SCCN(C)C)s1)CCCC2. The summed E-state index contributed by atoms with van der Waals surface area (Å²) in [5, 5.41) is 22.9. The molecule has 0 fully saturated rings. The van der Waals surface area contributed by atoms with Gasteiger partial charge in [0, 0.05) is 42.5 Å². The molecule has 8 nitrogen and oxygen atoms in total. The minimum Gasteiger partial charge on any atom is -0.507 e. The minimum absolute atomic E-state index is 0.00685. The Kier molecular flexibility index (Phi) is 17.7. The van der Waals surface area contributed by atoms with E-state index in [0.717, 1.165) is 59.9 Å². The van der Waals surface area contributed by atoms with Crippen LogP contribution in [0.15, 0.2) is 13.6 Å². The lowest BCUT2D eigenvalue weighted by atomic mass is 9.85. The lowest BCUT2D eigenvalue weighted by Gasteiger charge is -2.23. The fourth-order valence-corrected chi connectivity index (χ4v) is 8.80. The second kappa shape index (κ2) is 21.2. The van der Waals surface area contributed by atoms with E-state index in [-0.39, 0.29) is 17.2 Å². The summed E-state index contributed by atoms with van der Waals surface area (Å²) < 4.78 is 7.29. The van der Waals surface area contributed by atoms with Gasteiger partial charge >= 0.3 is 0 Å². The van der Waals surface area contributed by atoms with Crippen molar-refractivity contribution >= 4 is 47.1 Å². The van der Waals surface area contributed by atoms with Crippen LogP contribution in [0.4, 0.5) is 0 Å². The number of unbranched alkanes of at least 4 members (excludes halogenated alkanes) is 9. The van der Waals surface area contributed by atoms with Crippen molar-refractivity contribution in [1.82, 2.24) is 20.4 Å². The first-order valence-corrected chi connectivity index (χ1v) is 19.1. The lowest BCUT2D eigenvalue weighted by molar-refractivity contribution is 0.0934. The number of rotatable bonds is 23. The summed E-state index contributed by atoms with van der Waals surface area (Å²) in [5.74, 6) is 0.510. The third kappa shape index (κ3) is 12.3. The number of nitrogens with one attached hydrogen (secondary N) is 1. The molecule has 2 aromatic rings. The largest absolute Gasteiger partial charge is 0.507 e. The highest BCUT2D eigenvalue weighted by Gasteiger charge is 2.29. The van der Waals surface area contributed by atoms with Crippen molar-refractivity contribution in [2.75, 3.05) is 46.2 Å². The Bertz CT molecular complexity index is 1160. The van der Waals surface area contributed by atoms with Crippen LogP contribution in [0.25, 0.3) is 0 Å². The van der Waals surface area contributed by atoms with Gasteiger partial charge in [0.25, 0.3) is 5.91 Å². The Balaban J connectivity index is 1.51. The van der Waals surface area contributed by atoms with E-state index in [2.05, 4.69) is 27.3 Å². The highest BCUT2D eigenvalue weighted by atomic mass is 32.2. The van der Waals surface area contributed by atoms with Crippen LogP contribution in [0.5, 0.6) is 5.75 Å². The molecule has 44 heavy (non-hydrogen) atoms. The Hall–Kier alpha value is -1.66. The van der Waals surface area contributed by atoms with E-state index in [1.165, 1.54) is 80.9 Å². The fraction of sp³-hybridized carbons (Fsp3) is 0.697. The van der Waals surface area contributed by atoms with Gasteiger partial charge < -0.3 is 20.1 Å². The van der Waals surface area contributed by atoms with Crippen molar-refractivity contribution in [2.24, 2.45) is 0 Å². The number of thioether (sulfide) groups is 1. The zero-order valence-electron chi connectivity index (χ0n) is 27.0. The monoisotopic (exact) mass is 664 g/mol. The summed E-state index contributed by atoms with van der Waals surface area (Å²) in [6, 6.07) is 0. The molecule has 0 spiro atoms. The first-order valence-electron chi connectivity index (χ1n) is 16.5. The van der Waals surface area contributed by atoms with Gasteiger partial charge in [0.2, 0.25) is 0 Å². The summed E-state index contributed by atoms with van der Waals surface area (Å²) in [4.78, 5) is 28.5. The Labute approximate surface area is 276 Å².